The molecule has 2 atom stereocenters. The average Bonchev–Trinajstić information content (AvgIpc) is 3.08. The van der Waals surface area contributed by atoms with Crippen LogP contribution in [0.25, 0.3) is 0 Å². The van der Waals surface area contributed by atoms with Crippen LogP contribution in [0, 0.1) is 5.92 Å². The van der Waals surface area contributed by atoms with Crippen LogP contribution in [0.2, 0.25) is 0 Å². The fourth-order valence-corrected chi connectivity index (χ4v) is 3.00. The van der Waals surface area contributed by atoms with Crippen LogP contribution in [0.4, 0.5) is 0 Å². The Morgan fingerprint density at radius 3 is 3.05 bits per heavy atom. The van der Waals surface area contributed by atoms with E-state index in [2.05, 4.69) is 17.3 Å². The van der Waals surface area contributed by atoms with E-state index in [9.17, 15) is 4.79 Å². The van der Waals surface area contributed by atoms with Gasteiger partial charge in [0, 0.05) is 25.8 Å². The van der Waals surface area contributed by atoms with E-state index in [-0.39, 0.29) is 5.91 Å². The highest BCUT2D eigenvalue weighted by Gasteiger charge is 2.26. The second-order valence-corrected chi connectivity index (χ2v) is 5.83. The number of nitrogens with one attached hydrogen (secondary N) is 1. The molecule has 5 nitrogen and oxygen atoms in total. The first kappa shape index (κ1) is 12.7. The summed E-state index contributed by atoms with van der Waals surface area (Å²) in [5, 5.41) is 7.87. The zero-order valence-electron chi connectivity index (χ0n) is 11.5. The largest absolute Gasteiger partial charge is 0.337 e. The van der Waals surface area contributed by atoms with Crippen molar-refractivity contribution in [2.45, 2.75) is 32.2 Å². The molecule has 0 aliphatic carbocycles. The van der Waals surface area contributed by atoms with Crippen molar-refractivity contribution in [1.82, 2.24) is 20.0 Å². The number of nitrogens with zero attached hydrogens (tertiary/aromatic N) is 3. The summed E-state index contributed by atoms with van der Waals surface area (Å²) in [6.07, 6.45) is 5.38. The molecule has 0 unspecified atom stereocenters. The van der Waals surface area contributed by atoms with Crippen molar-refractivity contribution in [2.24, 2.45) is 5.92 Å². The molecule has 1 N–H and O–H groups in total. The molecule has 3 rings (SSSR count). The fourth-order valence-electron chi connectivity index (χ4n) is 3.00. The molecule has 0 aromatic carbocycles. The molecule has 19 heavy (non-hydrogen) atoms. The molecule has 0 bridgehead atoms. The summed E-state index contributed by atoms with van der Waals surface area (Å²) in [5.41, 5.74) is 0.597. The van der Waals surface area contributed by atoms with Crippen LogP contribution in [-0.4, -0.2) is 46.8 Å². The maximum Gasteiger partial charge on any atom is 0.274 e. The Bertz CT molecular complexity index is 450. The molecule has 2 fully saturated rings. The normalized spacial score (nSPS) is 27.7. The molecule has 1 aromatic rings. The second-order valence-electron chi connectivity index (χ2n) is 5.83. The molecule has 1 amide bonds. The highest BCUT2D eigenvalue weighted by molar-refractivity contribution is 5.92. The fraction of sp³-hybridized carbons (Fsp3) is 0.714. The van der Waals surface area contributed by atoms with Gasteiger partial charge >= 0.3 is 0 Å². The van der Waals surface area contributed by atoms with Gasteiger partial charge in [-0.25, -0.2) is 0 Å². The highest BCUT2D eigenvalue weighted by Crippen LogP contribution is 2.19. The SMILES string of the molecule is C[C@@H]1CCN(C(=O)c2ccn([C@@H]3CCCNC3)n2)C1. The van der Waals surface area contributed by atoms with Crippen molar-refractivity contribution < 1.29 is 4.79 Å². The van der Waals surface area contributed by atoms with Crippen LogP contribution in [0.1, 0.15) is 42.7 Å². The van der Waals surface area contributed by atoms with Gasteiger partial charge in [-0.2, -0.15) is 5.10 Å². The van der Waals surface area contributed by atoms with E-state index in [0.29, 0.717) is 17.7 Å². The zero-order chi connectivity index (χ0) is 13.2. The molecule has 2 aliphatic heterocycles. The number of amides is 1. The molecular weight excluding hydrogens is 240 g/mol. The number of likely N-dealkylation sites (tertiary alicyclic amines) is 1. The quantitative estimate of drug-likeness (QED) is 0.873. The minimum atomic E-state index is 0.0897. The summed E-state index contributed by atoms with van der Waals surface area (Å²) >= 11 is 0. The topological polar surface area (TPSA) is 50.2 Å². The Morgan fingerprint density at radius 1 is 1.47 bits per heavy atom. The van der Waals surface area contributed by atoms with E-state index < -0.39 is 0 Å². The molecule has 2 aliphatic rings. The van der Waals surface area contributed by atoms with Crippen LogP contribution >= 0.6 is 0 Å². The molecule has 0 radical (unpaired) electrons. The summed E-state index contributed by atoms with van der Waals surface area (Å²) in [5.74, 6) is 0.709. The third-order valence-electron chi connectivity index (χ3n) is 4.18. The van der Waals surface area contributed by atoms with Crippen molar-refractivity contribution in [3.05, 3.63) is 18.0 Å². The molecule has 3 heterocycles. The minimum absolute atomic E-state index is 0.0897. The number of hydrogen-bond donors (Lipinski definition) is 1. The number of aromatic nitrogens is 2. The third-order valence-corrected chi connectivity index (χ3v) is 4.18. The lowest BCUT2D eigenvalue weighted by molar-refractivity contribution is 0.0781. The van der Waals surface area contributed by atoms with E-state index >= 15 is 0 Å². The van der Waals surface area contributed by atoms with Gasteiger partial charge in [0.05, 0.1) is 6.04 Å². The van der Waals surface area contributed by atoms with E-state index in [1.165, 1.54) is 6.42 Å². The highest BCUT2D eigenvalue weighted by atomic mass is 16.2. The number of carbonyl (C=O) groups excluding carboxylic acids is 1. The van der Waals surface area contributed by atoms with Crippen LogP contribution in [0.15, 0.2) is 12.3 Å². The molecule has 2 saturated heterocycles. The van der Waals surface area contributed by atoms with Crippen molar-refractivity contribution in [2.75, 3.05) is 26.2 Å². The van der Waals surface area contributed by atoms with Gasteiger partial charge in [0.25, 0.3) is 5.91 Å². The van der Waals surface area contributed by atoms with Crippen LogP contribution in [-0.2, 0) is 0 Å². The Balaban J connectivity index is 1.68. The number of piperidine rings is 1. The average molecular weight is 262 g/mol. The number of rotatable bonds is 2. The van der Waals surface area contributed by atoms with Gasteiger partial charge in [-0.05, 0) is 37.8 Å². The van der Waals surface area contributed by atoms with Crippen LogP contribution in [0.5, 0.6) is 0 Å². The van der Waals surface area contributed by atoms with Gasteiger partial charge in [0.15, 0.2) is 0 Å². The first-order valence-electron chi connectivity index (χ1n) is 7.29. The molecule has 0 spiro atoms. The van der Waals surface area contributed by atoms with Gasteiger partial charge < -0.3 is 10.2 Å². The van der Waals surface area contributed by atoms with E-state index in [1.807, 2.05) is 21.8 Å². The van der Waals surface area contributed by atoms with Crippen molar-refractivity contribution in [3.63, 3.8) is 0 Å². The lowest BCUT2D eigenvalue weighted by atomic mass is 10.1. The van der Waals surface area contributed by atoms with E-state index in [1.54, 1.807) is 0 Å². The van der Waals surface area contributed by atoms with E-state index in [0.717, 1.165) is 39.0 Å². The van der Waals surface area contributed by atoms with Gasteiger partial charge in [0.2, 0.25) is 0 Å². The number of carbonyl (C=O) groups is 1. The van der Waals surface area contributed by atoms with Crippen molar-refractivity contribution >= 4 is 5.91 Å². The van der Waals surface area contributed by atoms with Crippen LogP contribution < -0.4 is 5.32 Å². The third kappa shape index (κ3) is 2.66. The molecule has 5 heteroatoms. The summed E-state index contributed by atoms with van der Waals surface area (Å²) in [6, 6.07) is 2.26. The summed E-state index contributed by atoms with van der Waals surface area (Å²) in [7, 11) is 0. The second kappa shape index (κ2) is 5.33. The minimum Gasteiger partial charge on any atom is -0.337 e. The van der Waals surface area contributed by atoms with Crippen LogP contribution in [0.3, 0.4) is 0 Å². The molecule has 1 aromatic heterocycles. The summed E-state index contributed by atoms with van der Waals surface area (Å²) < 4.78 is 1.96. The van der Waals surface area contributed by atoms with Gasteiger partial charge in [-0.1, -0.05) is 6.92 Å². The smallest absolute Gasteiger partial charge is 0.274 e. The zero-order valence-corrected chi connectivity index (χ0v) is 11.5. The van der Waals surface area contributed by atoms with Gasteiger partial charge in [-0.15, -0.1) is 0 Å². The van der Waals surface area contributed by atoms with Crippen molar-refractivity contribution in [3.8, 4) is 0 Å². The first-order chi connectivity index (χ1) is 9.24. The van der Waals surface area contributed by atoms with Crippen molar-refractivity contribution in [1.29, 1.82) is 0 Å². The Morgan fingerprint density at radius 2 is 2.37 bits per heavy atom. The Hall–Kier alpha value is -1.36. The summed E-state index contributed by atoms with van der Waals surface area (Å²) in [6.45, 7) is 5.99. The van der Waals surface area contributed by atoms with Gasteiger partial charge in [-0.3, -0.25) is 9.48 Å². The van der Waals surface area contributed by atoms with E-state index in [4.69, 9.17) is 0 Å². The lowest BCUT2D eigenvalue weighted by Gasteiger charge is -2.23. The Labute approximate surface area is 114 Å². The first-order valence-corrected chi connectivity index (χ1v) is 7.29. The number of hydrogen-bond acceptors (Lipinski definition) is 3. The monoisotopic (exact) mass is 262 g/mol. The molecular formula is C14H22N4O. The lowest BCUT2D eigenvalue weighted by Crippen LogP contribution is -2.32. The summed E-state index contributed by atoms with van der Waals surface area (Å²) in [4.78, 5) is 14.3. The standard InChI is InChI=1S/C14H22N4O/c1-11-4-7-17(10-11)14(19)13-5-8-18(16-13)12-3-2-6-15-9-12/h5,8,11-12,15H,2-4,6-7,9-10H2,1H3/t11-,12-/m1/s1. The predicted molar refractivity (Wildman–Crippen MR) is 73.1 cm³/mol. The maximum absolute atomic E-state index is 12.3. The maximum atomic E-state index is 12.3. The Kier molecular flexibility index (Phi) is 3.55. The predicted octanol–water partition coefficient (Wildman–Crippen LogP) is 1.29. The molecule has 0 saturated carbocycles. The molecule has 104 valence electrons. The van der Waals surface area contributed by atoms with Gasteiger partial charge in [0.1, 0.15) is 5.69 Å².